The highest BCUT2D eigenvalue weighted by atomic mass is 16.5. The fourth-order valence-electron chi connectivity index (χ4n) is 1.55. The molecule has 1 aromatic carbocycles. The minimum atomic E-state index is -0.178. The van der Waals surface area contributed by atoms with Gasteiger partial charge in [-0.3, -0.25) is 4.99 Å². The Morgan fingerprint density at radius 1 is 1.25 bits per heavy atom. The van der Waals surface area contributed by atoms with Crippen molar-refractivity contribution in [1.82, 2.24) is 0 Å². The van der Waals surface area contributed by atoms with Crippen molar-refractivity contribution in [3.05, 3.63) is 24.3 Å². The van der Waals surface area contributed by atoms with Crippen LogP contribution in [0, 0.1) is 0 Å². The molecule has 0 bridgehead atoms. The molecule has 0 spiro atoms. The summed E-state index contributed by atoms with van der Waals surface area (Å²) in [6, 6.07) is 7.89. The van der Waals surface area contributed by atoms with Crippen LogP contribution in [-0.2, 0) is 4.74 Å². The number of aliphatic imine (C=N–C) groups is 1. The van der Waals surface area contributed by atoms with Crippen LogP contribution in [0.25, 0.3) is 0 Å². The molecule has 0 amide bonds. The molecule has 0 aromatic heterocycles. The fourth-order valence-corrected chi connectivity index (χ4v) is 1.55. The molecular weight excluding hydrogens is 252 g/mol. The largest absolute Gasteiger partial charge is 0.488 e. The molecule has 4 nitrogen and oxygen atoms in total. The van der Waals surface area contributed by atoms with E-state index in [1.54, 1.807) is 7.11 Å². The van der Waals surface area contributed by atoms with E-state index in [9.17, 15) is 0 Å². The smallest absolute Gasteiger partial charge is 0.120 e. The second-order valence-corrected chi connectivity index (χ2v) is 5.84. The summed E-state index contributed by atoms with van der Waals surface area (Å²) in [4.78, 5) is 4.42. The zero-order chi connectivity index (χ0) is 15.2. The zero-order valence-electron chi connectivity index (χ0n) is 13.4. The van der Waals surface area contributed by atoms with Gasteiger partial charge in [-0.25, -0.2) is 0 Å². The molecule has 0 aliphatic rings. The number of ether oxygens (including phenoxy) is 2. The molecule has 0 radical (unpaired) electrons. The average Bonchev–Trinajstić information content (AvgIpc) is 2.36. The van der Waals surface area contributed by atoms with Crippen LogP contribution in [0.15, 0.2) is 29.3 Å². The van der Waals surface area contributed by atoms with E-state index >= 15 is 0 Å². The molecule has 1 atom stereocenters. The Kier molecular flexibility index (Phi) is 6.02. The standard InChI is InChI=1S/C16H26N2O2/c1-12(19-6)11-17-13(2)18-14-7-9-15(10-8-14)20-16(3,4)5/h7-10,12H,11H2,1-6H3,(H,17,18). The van der Waals surface area contributed by atoms with E-state index in [1.165, 1.54) is 0 Å². The van der Waals surface area contributed by atoms with Gasteiger partial charge in [-0.2, -0.15) is 0 Å². The number of anilines is 1. The Bertz CT molecular complexity index is 433. The summed E-state index contributed by atoms with van der Waals surface area (Å²) in [7, 11) is 1.69. The maximum Gasteiger partial charge on any atom is 0.120 e. The first-order valence-electron chi connectivity index (χ1n) is 6.90. The van der Waals surface area contributed by atoms with Crippen LogP contribution in [0.2, 0.25) is 0 Å². The van der Waals surface area contributed by atoms with Crippen molar-refractivity contribution in [2.24, 2.45) is 4.99 Å². The second kappa shape index (κ2) is 7.29. The third kappa shape index (κ3) is 6.57. The molecule has 4 heteroatoms. The molecular formula is C16H26N2O2. The summed E-state index contributed by atoms with van der Waals surface area (Å²) in [5, 5.41) is 3.25. The van der Waals surface area contributed by atoms with E-state index in [0.29, 0.717) is 6.54 Å². The third-order valence-corrected chi connectivity index (χ3v) is 2.59. The zero-order valence-corrected chi connectivity index (χ0v) is 13.4. The Morgan fingerprint density at radius 2 is 1.85 bits per heavy atom. The first kappa shape index (κ1) is 16.5. The quantitative estimate of drug-likeness (QED) is 0.659. The summed E-state index contributed by atoms with van der Waals surface area (Å²) in [5.74, 6) is 1.74. The summed E-state index contributed by atoms with van der Waals surface area (Å²) >= 11 is 0. The SMILES string of the molecule is COC(C)CN=C(C)Nc1ccc(OC(C)(C)C)cc1. The highest BCUT2D eigenvalue weighted by Crippen LogP contribution is 2.20. The van der Waals surface area contributed by atoms with Crippen molar-refractivity contribution in [3.8, 4) is 5.75 Å². The van der Waals surface area contributed by atoms with Crippen LogP contribution in [-0.4, -0.2) is 31.2 Å². The summed E-state index contributed by atoms with van der Waals surface area (Å²) in [6.07, 6.45) is 0.134. The van der Waals surface area contributed by atoms with Crippen molar-refractivity contribution < 1.29 is 9.47 Å². The van der Waals surface area contributed by atoms with E-state index in [1.807, 2.05) is 58.9 Å². The van der Waals surface area contributed by atoms with Crippen LogP contribution in [0.1, 0.15) is 34.6 Å². The van der Waals surface area contributed by atoms with Crippen LogP contribution in [0.4, 0.5) is 5.69 Å². The van der Waals surface area contributed by atoms with E-state index in [0.717, 1.165) is 17.3 Å². The molecule has 1 unspecified atom stereocenters. The first-order chi connectivity index (χ1) is 9.30. The number of amidine groups is 1. The predicted octanol–water partition coefficient (Wildman–Crippen LogP) is 3.73. The molecule has 1 aromatic rings. The maximum atomic E-state index is 5.78. The number of benzene rings is 1. The second-order valence-electron chi connectivity index (χ2n) is 5.84. The normalized spacial score (nSPS) is 14.0. The predicted molar refractivity (Wildman–Crippen MR) is 84.9 cm³/mol. The van der Waals surface area contributed by atoms with Crippen molar-refractivity contribution >= 4 is 11.5 Å². The number of hydrogen-bond acceptors (Lipinski definition) is 3. The molecule has 112 valence electrons. The first-order valence-corrected chi connectivity index (χ1v) is 6.90. The van der Waals surface area contributed by atoms with Gasteiger partial charge in [-0.1, -0.05) is 0 Å². The van der Waals surface area contributed by atoms with Gasteiger partial charge in [0, 0.05) is 12.8 Å². The van der Waals surface area contributed by atoms with Gasteiger partial charge in [-0.05, 0) is 58.9 Å². The van der Waals surface area contributed by atoms with E-state index in [-0.39, 0.29) is 11.7 Å². The Hall–Kier alpha value is -1.55. The molecule has 0 aliphatic heterocycles. The van der Waals surface area contributed by atoms with Gasteiger partial charge in [0.1, 0.15) is 11.4 Å². The third-order valence-electron chi connectivity index (χ3n) is 2.59. The average molecular weight is 278 g/mol. The Balaban J connectivity index is 2.57. The molecule has 0 heterocycles. The summed E-state index contributed by atoms with van der Waals surface area (Å²) < 4.78 is 10.9. The van der Waals surface area contributed by atoms with Gasteiger partial charge in [0.2, 0.25) is 0 Å². The lowest BCUT2D eigenvalue weighted by atomic mass is 10.2. The number of hydrogen-bond donors (Lipinski definition) is 1. The van der Waals surface area contributed by atoms with Crippen molar-refractivity contribution in [2.45, 2.75) is 46.3 Å². The summed E-state index contributed by atoms with van der Waals surface area (Å²) in [6.45, 7) is 10.7. The van der Waals surface area contributed by atoms with Crippen molar-refractivity contribution in [3.63, 3.8) is 0 Å². The van der Waals surface area contributed by atoms with Crippen LogP contribution in [0.3, 0.4) is 0 Å². The van der Waals surface area contributed by atoms with Gasteiger partial charge >= 0.3 is 0 Å². The Morgan fingerprint density at radius 3 is 2.35 bits per heavy atom. The summed E-state index contributed by atoms with van der Waals surface area (Å²) in [5.41, 5.74) is 0.820. The molecule has 1 rings (SSSR count). The monoisotopic (exact) mass is 278 g/mol. The maximum absolute atomic E-state index is 5.78. The molecule has 0 saturated carbocycles. The van der Waals surface area contributed by atoms with E-state index in [2.05, 4.69) is 10.3 Å². The lowest BCUT2D eigenvalue weighted by Crippen LogP contribution is -2.22. The van der Waals surface area contributed by atoms with Gasteiger partial charge in [0.25, 0.3) is 0 Å². The van der Waals surface area contributed by atoms with E-state index < -0.39 is 0 Å². The van der Waals surface area contributed by atoms with Gasteiger partial charge < -0.3 is 14.8 Å². The molecule has 0 aliphatic carbocycles. The van der Waals surface area contributed by atoms with Crippen LogP contribution >= 0.6 is 0 Å². The molecule has 1 N–H and O–H groups in total. The lowest BCUT2D eigenvalue weighted by molar-refractivity contribution is 0.125. The topological polar surface area (TPSA) is 42.8 Å². The fraction of sp³-hybridized carbons (Fsp3) is 0.562. The number of rotatable bonds is 5. The van der Waals surface area contributed by atoms with E-state index in [4.69, 9.17) is 9.47 Å². The minimum absolute atomic E-state index is 0.134. The molecule has 0 fully saturated rings. The molecule has 0 saturated heterocycles. The van der Waals surface area contributed by atoms with Gasteiger partial charge in [-0.15, -0.1) is 0 Å². The highest BCUT2D eigenvalue weighted by molar-refractivity contribution is 5.93. The minimum Gasteiger partial charge on any atom is -0.488 e. The number of nitrogens with zero attached hydrogens (tertiary/aromatic N) is 1. The number of methoxy groups -OCH3 is 1. The van der Waals surface area contributed by atoms with Gasteiger partial charge in [0.05, 0.1) is 18.5 Å². The van der Waals surface area contributed by atoms with Crippen LogP contribution in [0.5, 0.6) is 5.75 Å². The van der Waals surface area contributed by atoms with Crippen LogP contribution < -0.4 is 10.1 Å². The number of nitrogens with one attached hydrogen (secondary N) is 1. The molecule has 20 heavy (non-hydrogen) atoms. The van der Waals surface area contributed by atoms with Crippen molar-refractivity contribution in [1.29, 1.82) is 0 Å². The highest BCUT2D eigenvalue weighted by Gasteiger charge is 2.11. The Labute approximate surface area is 122 Å². The van der Waals surface area contributed by atoms with Crippen molar-refractivity contribution in [2.75, 3.05) is 19.0 Å². The lowest BCUT2D eigenvalue weighted by Gasteiger charge is -2.21. The van der Waals surface area contributed by atoms with Gasteiger partial charge in [0.15, 0.2) is 0 Å².